The maximum atomic E-state index is 10.8. The summed E-state index contributed by atoms with van der Waals surface area (Å²) in [6.07, 6.45) is 0. The molecule has 0 spiro atoms. The van der Waals surface area contributed by atoms with Crippen LogP contribution in [0, 0.1) is 0 Å². The molecule has 1 aromatic rings. The normalized spacial score (nSPS) is 9.56. The lowest BCUT2D eigenvalue weighted by molar-refractivity contribution is -0.141. The van der Waals surface area contributed by atoms with Crippen molar-refractivity contribution in [3.8, 4) is 5.75 Å². The number of primary amides is 1. The zero-order chi connectivity index (χ0) is 12.0. The molecule has 0 atom stereocenters. The molecular formula is C11H13NO4. The van der Waals surface area contributed by atoms with Gasteiger partial charge in [0.1, 0.15) is 19.0 Å². The van der Waals surface area contributed by atoms with Crippen LogP contribution < -0.4 is 10.5 Å². The van der Waals surface area contributed by atoms with E-state index < -0.39 is 5.91 Å². The zero-order valence-electron chi connectivity index (χ0n) is 8.93. The van der Waals surface area contributed by atoms with Gasteiger partial charge in [-0.15, -0.1) is 0 Å². The van der Waals surface area contributed by atoms with Crippen molar-refractivity contribution in [3.63, 3.8) is 0 Å². The first-order valence-corrected chi connectivity index (χ1v) is 4.75. The van der Waals surface area contributed by atoms with Gasteiger partial charge < -0.3 is 15.2 Å². The van der Waals surface area contributed by atoms with Crippen molar-refractivity contribution in [2.45, 2.75) is 6.92 Å². The number of amides is 1. The van der Waals surface area contributed by atoms with Crippen LogP contribution in [-0.4, -0.2) is 25.1 Å². The number of esters is 1. The highest BCUT2D eigenvalue weighted by Gasteiger charge is 2.00. The second-order valence-electron chi connectivity index (χ2n) is 3.08. The highest BCUT2D eigenvalue weighted by molar-refractivity contribution is 5.92. The van der Waals surface area contributed by atoms with Crippen LogP contribution in [0.25, 0.3) is 0 Å². The molecule has 1 amide bonds. The van der Waals surface area contributed by atoms with E-state index in [0.29, 0.717) is 11.3 Å². The molecule has 86 valence electrons. The van der Waals surface area contributed by atoms with Crippen molar-refractivity contribution in [1.29, 1.82) is 0 Å². The van der Waals surface area contributed by atoms with Crippen LogP contribution in [0.5, 0.6) is 5.75 Å². The highest BCUT2D eigenvalue weighted by Crippen LogP contribution is 2.11. The van der Waals surface area contributed by atoms with Crippen LogP contribution >= 0.6 is 0 Å². The number of ether oxygens (including phenoxy) is 2. The number of nitrogens with two attached hydrogens (primary N) is 1. The summed E-state index contributed by atoms with van der Waals surface area (Å²) in [6.45, 7) is 1.81. The van der Waals surface area contributed by atoms with Crippen molar-refractivity contribution in [1.82, 2.24) is 0 Å². The summed E-state index contributed by atoms with van der Waals surface area (Å²) in [5.74, 6) is -0.226. The number of hydrogen-bond acceptors (Lipinski definition) is 4. The minimum absolute atomic E-state index is 0.201. The van der Waals surface area contributed by atoms with Gasteiger partial charge in [-0.25, -0.2) is 0 Å². The molecule has 0 aliphatic carbocycles. The molecule has 0 saturated heterocycles. The van der Waals surface area contributed by atoms with Crippen molar-refractivity contribution in [3.05, 3.63) is 29.8 Å². The fraction of sp³-hybridized carbons (Fsp3) is 0.273. The number of benzene rings is 1. The summed E-state index contributed by atoms with van der Waals surface area (Å²) in [4.78, 5) is 21.2. The van der Waals surface area contributed by atoms with Gasteiger partial charge in [0.05, 0.1) is 0 Å². The molecule has 1 rings (SSSR count). The minimum atomic E-state index is -0.480. The summed E-state index contributed by atoms with van der Waals surface area (Å²) in [5.41, 5.74) is 5.51. The fourth-order valence-corrected chi connectivity index (χ4v) is 1.06. The van der Waals surface area contributed by atoms with Gasteiger partial charge in [-0.3, -0.25) is 9.59 Å². The lowest BCUT2D eigenvalue weighted by Gasteiger charge is -2.06. The maximum absolute atomic E-state index is 10.8. The van der Waals surface area contributed by atoms with Gasteiger partial charge in [-0.2, -0.15) is 0 Å². The Morgan fingerprint density at radius 1 is 1.19 bits per heavy atom. The van der Waals surface area contributed by atoms with Crippen LogP contribution in [0.2, 0.25) is 0 Å². The molecule has 2 N–H and O–H groups in total. The van der Waals surface area contributed by atoms with E-state index in [4.69, 9.17) is 10.5 Å². The second-order valence-corrected chi connectivity index (χ2v) is 3.08. The molecule has 0 aromatic heterocycles. The molecule has 16 heavy (non-hydrogen) atoms. The number of rotatable bonds is 5. The van der Waals surface area contributed by atoms with E-state index in [2.05, 4.69) is 4.74 Å². The van der Waals surface area contributed by atoms with E-state index in [1.165, 1.54) is 6.92 Å². The Labute approximate surface area is 93.1 Å². The van der Waals surface area contributed by atoms with Crippen molar-refractivity contribution >= 4 is 11.9 Å². The van der Waals surface area contributed by atoms with E-state index in [9.17, 15) is 9.59 Å². The molecule has 0 heterocycles. The number of hydrogen-bond donors (Lipinski definition) is 1. The van der Waals surface area contributed by atoms with Gasteiger partial charge >= 0.3 is 5.97 Å². The molecule has 0 bridgehead atoms. The Hall–Kier alpha value is -2.04. The lowest BCUT2D eigenvalue weighted by Crippen LogP contribution is -2.11. The van der Waals surface area contributed by atoms with Gasteiger partial charge in [0.15, 0.2) is 0 Å². The third-order valence-electron chi connectivity index (χ3n) is 1.80. The Kier molecular flexibility index (Phi) is 4.32. The highest BCUT2D eigenvalue weighted by atomic mass is 16.6. The monoisotopic (exact) mass is 223 g/mol. The largest absolute Gasteiger partial charge is 0.490 e. The quantitative estimate of drug-likeness (QED) is 0.589. The molecular weight excluding hydrogens is 210 g/mol. The average Bonchev–Trinajstić information content (AvgIpc) is 2.25. The van der Waals surface area contributed by atoms with E-state index in [0.717, 1.165) is 0 Å². The summed E-state index contributed by atoms with van der Waals surface area (Å²) >= 11 is 0. The third-order valence-corrected chi connectivity index (χ3v) is 1.80. The molecule has 1 aromatic carbocycles. The van der Waals surface area contributed by atoms with Gasteiger partial charge in [-0.1, -0.05) is 0 Å². The molecule has 0 unspecified atom stereocenters. The Bertz CT molecular complexity index is 372. The minimum Gasteiger partial charge on any atom is -0.490 e. The van der Waals surface area contributed by atoms with Crippen LogP contribution in [0.15, 0.2) is 24.3 Å². The second kappa shape index (κ2) is 5.75. The molecule has 0 radical (unpaired) electrons. The standard InChI is InChI=1S/C11H13NO4/c1-8(13)15-6-7-16-10-4-2-9(3-5-10)11(12)14/h2-5H,6-7H2,1H3,(H2,12,14). The van der Waals surface area contributed by atoms with Crippen LogP contribution in [0.1, 0.15) is 17.3 Å². The maximum Gasteiger partial charge on any atom is 0.302 e. The van der Waals surface area contributed by atoms with Crippen molar-refractivity contribution in [2.24, 2.45) is 5.73 Å². The van der Waals surface area contributed by atoms with Gasteiger partial charge in [-0.05, 0) is 24.3 Å². The van der Waals surface area contributed by atoms with Gasteiger partial charge in [0.2, 0.25) is 5.91 Å². The third kappa shape index (κ3) is 4.00. The van der Waals surface area contributed by atoms with Crippen molar-refractivity contribution < 1.29 is 19.1 Å². The Morgan fingerprint density at radius 3 is 2.31 bits per heavy atom. The predicted molar refractivity (Wildman–Crippen MR) is 57.1 cm³/mol. The fourth-order valence-electron chi connectivity index (χ4n) is 1.06. The lowest BCUT2D eigenvalue weighted by atomic mass is 10.2. The molecule has 0 fully saturated rings. The first kappa shape index (κ1) is 12.0. The summed E-state index contributed by atoms with van der Waals surface area (Å²) in [7, 11) is 0. The average molecular weight is 223 g/mol. The zero-order valence-corrected chi connectivity index (χ0v) is 8.93. The van der Waals surface area contributed by atoms with E-state index in [1.807, 2.05) is 0 Å². The van der Waals surface area contributed by atoms with Crippen LogP contribution in [0.3, 0.4) is 0 Å². The molecule has 0 aliphatic rings. The smallest absolute Gasteiger partial charge is 0.302 e. The summed E-state index contributed by atoms with van der Waals surface area (Å²) < 4.78 is 9.95. The molecule has 0 saturated carbocycles. The van der Waals surface area contributed by atoms with Crippen molar-refractivity contribution in [2.75, 3.05) is 13.2 Å². The molecule has 5 nitrogen and oxygen atoms in total. The Balaban J connectivity index is 2.38. The van der Waals surface area contributed by atoms with E-state index in [-0.39, 0.29) is 19.2 Å². The first-order chi connectivity index (χ1) is 7.59. The first-order valence-electron chi connectivity index (χ1n) is 4.75. The van der Waals surface area contributed by atoms with E-state index in [1.54, 1.807) is 24.3 Å². The molecule has 5 heteroatoms. The number of carbonyl (C=O) groups is 2. The van der Waals surface area contributed by atoms with Gasteiger partial charge in [0.25, 0.3) is 0 Å². The van der Waals surface area contributed by atoms with Gasteiger partial charge in [0, 0.05) is 12.5 Å². The summed E-state index contributed by atoms with van der Waals surface area (Å²) in [5, 5.41) is 0. The van der Waals surface area contributed by atoms with Crippen LogP contribution in [0.4, 0.5) is 0 Å². The Morgan fingerprint density at radius 2 is 1.81 bits per heavy atom. The van der Waals surface area contributed by atoms with E-state index >= 15 is 0 Å². The topological polar surface area (TPSA) is 78.6 Å². The van der Waals surface area contributed by atoms with Crippen LogP contribution in [-0.2, 0) is 9.53 Å². The summed E-state index contributed by atoms with van der Waals surface area (Å²) in [6, 6.07) is 6.41. The predicted octanol–water partition coefficient (Wildman–Crippen LogP) is 0.727. The number of carbonyl (C=O) groups excluding carboxylic acids is 2. The molecule has 0 aliphatic heterocycles. The SMILES string of the molecule is CC(=O)OCCOc1ccc(C(N)=O)cc1.